The lowest BCUT2D eigenvalue weighted by Crippen LogP contribution is -2.36. The molecule has 0 aliphatic carbocycles. The number of allylic oxidation sites excluding steroid dienone is 1. The minimum atomic E-state index is 0.0885. The van der Waals surface area contributed by atoms with Gasteiger partial charge in [0.1, 0.15) is 0 Å². The van der Waals surface area contributed by atoms with Gasteiger partial charge >= 0.3 is 0 Å². The number of aromatic nitrogens is 5. The third-order valence-electron chi connectivity index (χ3n) is 5.13. The van der Waals surface area contributed by atoms with Crippen LogP contribution in [0.5, 0.6) is 0 Å². The highest BCUT2D eigenvalue weighted by Crippen LogP contribution is 2.37. The van der Waals surface area contributed by atoms with Crippen LogP contribution in [0.1, 0.15) is 40.1 Å². The summed E-state index contributed by atoms with van der Waals surface area (Å²) in [5.74, 6) is 0. The lowest BCUT2D eigenvalue weighted by molar-refractivity contribution is 0.197. The second kappa shape index (κ2) is 6.88. The van der Waals surface area contributed by atoms with E-state index >= 15 is 0 Å². The third kappa shape index (κ3) is 2.86. The van der Waals surface area contributed by atoms with Gasteiger partial charge in [-0.1, -0.05) is 12.1 Å². The molecule has 0 bridgehead atoms. The Kier molecular flexibility index (Phi) is 4.42. The molecule has 0 saturated heterocycles. The minimum absolute atomic E-state index is 0.0885. The molecule has 4 rings (SSSR count). The second-order valence-electron chi connectivity index (χ2n) is 6.77. The lowest BCUT2D eigenvalue weighted by Gasteiger charge is -2.35. The molecule has 3 aromatic heterocycles. The second-order valence-corrected chi connectivity index (χ2v) is 6.77. The molecule has 0 amide bonds. The monoisotopic (exact) mass is 348 g/mol. The molecule has 0 saturated carbocycles. The smallest absolute Gasteiger partial charge is 0.0926 e. The van der Waals surface area contributed by atoms with Crippen LogP contribution in [0.15, 0.2) is 43.4 Å². The van der Waals surface area contributed by atoms with Crippen LogP contribution in [0, 0.1) is 13.8 Å². The first-order chi connectivity index (χ1) is 12.7. The van der Waals surface area contributed by atoms with Crippen LogP contribution >= 0.6 is 0 Å². The number of nitrogens with zero attached hydrogens (tertiary/aromatic N) is 5. The summed E-state index contributed by atoms with van der Waals surface area (Å²) < 4.78 is 2.03. The summed E-state index contributed by atoms with van der Waals surface area (Å²) in [5, 5.41) is 4.74. The molecule has 0 fully saturated rings. The topological polar surface area (TPSA) is 62.6 Å². The van der Waals surface area contributed by atoms with Crippen molar-refractivity contribution in [3.63, 3.8) is 0 Å². The van der Waals surface area contributed by atoms with E-state index in [-0.39, 0.29) is 6.04 Å². The Hall–Kier alpha value is -2.73. The first kappa shape index (κ1) is 16.7. The van der Waals surface area contributed by atoms with E-state index in [2.05, 4.69) is 46.3 Å². The van der Waals surface area contributed by atoms with Crippen molar-refractivity contribution in [3.05, 3.63) is 77.4 Å². The van der Waals surface area contributed by atoms with Crippen molar-refractivity contribution in [2.24, 2.45) is 0 Å². The molecular weight excluding hydrogens is 324 g/mol. The Morgan fingerprint density at radius 1 is 1.31 bits per heavy atom. The fraction of sp³-hybridized carbons (Fsp3) is 0.350. The molecule has 3 aromatic rings. The summed E-state index contributed by atoms with van der Waals surface area (Å²) in [6, 6.07) is 6.17. The van der Waals surface area contributed by atoms with Gasteiger partial charge in [0.05, 0.1) is 36.0 Å². The van der Waals surface area contributed by atoms with Gasteiger partial charge in [-0.05, 0) is 26.0 Å². The van der Waals surface area contributed by atoms with E-state index in [9.17, 15) is 0 Å². The van der Waals surface area contributed by atoms with Crippen LogP contribution in [-0.2, 0) is 19.5 Å². The molecule has 1 aliphatic heterocycles. The molecule has 0 spiro atoms. The van der Waals surface area contributed by atoms with Gasteiger partial charge in [0, 0.05) is 42.7 Å². The van der Waals surface area contributed by atoms with Crippen LogP contribution in [0.25, 0.3) is 0 Å². The normalized spacial score (nSPS) is 17.2. The quantitative estimate of drug-likeness (QED) is 0.720. The number of aryl methyl sites for hydroxylation is 1. The van der Waals surface area contributed by atoms with E-state index < -0.39 is 0 Å². The average molecular weight is 348 g/mol. The van der Waals surface area contributed by atoms with Gasteiger partial charge in [-0.25, -0.2) is 4.98 Å². The summed E-state index contributed by atoms with van der Waals surface area (Å²) in [7, 11) is 0. The number of hydrogen-bond acceptors (Lipinski definition) is 4. The standard InChI is InChI=1S/C20H24N6/c1-4-10-26-15(3)18(14(2)24-26)20-19-17(22-13-23-19)8-11-25(20)12-16-7-5-6-9-21-16/h4-7,9,13,20H,1,8,10-12H2,2-3H3,(H,22,23)/t20-/m0/s1. The van der Waals surface area contributed by atoms with Crippen molar-refractivity contribution in [1.29, 1.82) is 0 Å². The van der Waals surface area contributed by atoms with E-state index in [0.717, 1.165) is 36.6 Å². The van der Waals surface area contributed by atoms with Crippen molar-refractivity contribution in [3.8, 4) is 0 Å². The maximum atomic E-state index is 4.74. The van der Waals surface area contributed by atoms with Crippen LogP contribution in [0.4, 0.5) is 0 Å². The lowest BCUT2D eigenvalue weighted by atomic mass is 9.94. The summed E-state index contributed by atoms with van der Waals surface area (Å²) in [6.45, 7) is 10.5. The Morgan fingerprint density at radius 2 is 2.19 bits per heavy atom. The Morgan fingerprint density at radius 3 is 2.96 bits per heavy atom. The molecule has 134 valence electrons. The van der Waals surface area contributed by atoms with Crippen molar-refractivity contribution >= 4 is 0 Å². The maximum absolute atomic E-state index is 4.74. The highest BCUT2D eigenvalue weighted by Gasteiger charge is 2.34. The van der Waals surface area contributed by atoms with Crippen LogP contribution in [0.3, 0.4) is 0 Å². The molecule has 1 atom stereocenters. The molecular formula is C20H24N6. The zero-order valence-corrected chi connectivity index (χ0v) is 15.3. The molecule has 1 N–H and O–H groups in total. The molecule has 0 unspecified atom stereocenters. The van der Waals surface area contributed by atoms with Crippen molar-refractivity contribution < 1.29 is 0 Å². The van der Waals surface area contributed by atoms with Gasteiger partial charge in [0.2, 0.25) is 0 Å². The number of fused-ring (bicyclic) bond motifs is 1. The molecule has 6 heteroatoms. The van der Waals surface area contributed by atoms with Crippen molar-refractivity contribution in [2.75, 3.05) is 6.54 Å². The predicted molar refractivity (Wildman–Crippen MR) is 101 cm³/mol. The van der Waals surface area contributed by atoms with Gasteiger partial charge in [-0.2, -0.15) is 5.10 Å². The van der Waals surface area contributed by atoms with Gasteiger partial charge < -0.3 is 4.98 Å². The first-order valence-corrected chi connectivity index (χ1v) is 9.00. The van der Waals surface area contributed by atoms with E-state index in [1.807, 2.05) is 29.1 Å². The van der Waals surface area contributed by atoms with Gasteiger partial charge in [-0.3, -0.25) is 14.6 Å². The first-order valence-electron chi connectivity index (χ1n) is 9.00. The van der Waals surface area contributed by atoms with E-state index in [4.69, 9.17) is 5.10 Å². The van der Waals surface area contributed by atoms with Crippen LogP contribution in [-0.4, -0.2) is 36.2 Å². The summed E-state index contributed by atoms with van der Waals surface area (Å²) in [5.41, 5.74) is 6.88. The third-order valence-corrected chi connectivity index (χ3v) is 5.13. The maximum Gasteiger partial charge on any atom is 0.0926 e. The Balaban J connectivity index is 1.78. The number of nitrogens with one attached hydrogen (secondary N) is 1. The molecule has 1 aliphatic rings. The van der Waals surface area contributed by atoms with Crippen molar-refractivity contribution in [1.82, 2.24) is 29.6 Å². The molecule has 26 heavy (non-hydrogen) atoms. The zero-order valence-electron chi connectivity index (χ0n) is 15.3. The molecule has 6 nitrogen and oxygen atoms in total. The Labute approximate surface area is 153 Å². The molecule has 4 heterocycles. The van der Waals surface area contributed by atoms with Gasteiger partial charge in [0.15, 0.2) is 0 Å². The molecule has 0 radical (unpaired) electrons. The minimum Gasteiger partial charge on any atom is -0.348 e. The zero-order chi connectivity index (χ0) is 18.1. The van der Waals surface area contributed by atoms with Crippen molar-refractivity contribution in [2.45, 2.75) is 39.4 Å². The highest BCUT2D eigenvalue weighted by atomic mass is 15.3. The average Bonchev–Trinajstić information content (AvgIpc) is 3.22. The number of imidazole rings is 1. The van der Waals surface area contributed by atoms with Crippen LogP contribution < -0.4 is 0 Å². The van der Waals surface area contributed by atoms with E-state index in [1.165, 1.54) is 17.0 Å². The number of hydrogen-bond donors (Lipinski definition) is 1. The number of H-pyrrole nitrogens is 1. The highest BCUT2D eigenvalue weighted by molar-refractivity contribution is 5.38. The van der Waals surface area contributed by atoms with Crippen LogP contribution in [0.2, 0.25) is 0 Å². The fourth-order valence-electron chi connectivity index (χ4n) is 3.92. The summed E-state index contributed by atoms with van der Waals surface area (Å²) in [4.78, 5) is 15.0. The van der Waals surface area contributed by atoms with Gasteiger partial charge in [-0.15, -0.1) is 6.58 Å². The SMILES string of the molecule is C=CCn1nc(C)c([C@H]2c3nc[nH]c3CCN2Cc2ccccn2)c1C. The summed E-state index contributed by atoms with van der Waals surface area (Å²) in [6.07, 6.45) is 6.51. The fourth-order valence-corrected chi connectivity index (χ4v) is 3.92. The van der Waals surface area contributed by atoms with Gasteiger partial charge in [0.25, 0.3) is 0 Å². The number of pyridine rings is 1. The predicted octanol–water partition coefficient (Wildman–Crippen LogP) is 2.95. The van der Waals surface area contributed by atoms with E-state index in [1.54, 1.807) is 6.33 Å². The largest absolute Gasteiger partial charge is 0.348 e. The van der Waals surface area contributed by atoms with E-state index in [0.29, 0.717) is 6.54 Å². The molecule has 0 aromatic carbocycles. The summed E-state index contributed by atoms with van der Waals surface area (Å²) >= 11 is 0. The number of aromatic amines is 1. The number of rotatable bonds is 5. The Bertz CT molecular complexity index is 908.